The quantitative estimate of drug-likeness (QED) is 0.275. The van der Waals surface area contributed by atoms with Gasteiger partial charge in [-0.3, -0.25) is 9.69 Å². The molecule has 0 radical (unpaired) electrons. The van der Waals surface area contributed by atoms with Crippen molar-refractivity contribution < 1.29 is 35.5 Å². The molecule has 0 spiro atoms. The average Bonchev–Trinajstić information content (AvgIpc) is 3.34. The Morgan fingerprint density at radius 3 is 2.60 bits per heavy atom. The molecule has 9 nitrogen and oxygen atoms in total. The van der Waals surface area contributed by atoms with Gasteiger partial charge < -0.3 is 19.9 Å². The maximum atomic E-state index is 13.6. The second-order valence-electron chi connectivity index (χ2n) is 11.7. The van der Waals surface area contributed by atoms with Gasteiger partial charge >= 0.3 is 6.18 Å². The molecule has 2 atom stereocenters. The molecular weight excluding hydrogens is 614 g/mol. The molecule has 242 valence electrons. The summed E-state index contributed by atoms with van der Waals surface area (Å²) in [4.78, 5) is 20.1. The highest BCUT2D eigenvalue weighted by atomic mass is 32.2. The molecule has 3 aromatic rings. The van der Waals surface area contributed by atoms with Gasteiger partial charge in [-0.1, -0.05) is 18.8 Å². The zero-order valence-corrected chi connectivity index (χ0v) is 25.9. The fourth-order valence-electron chi connectivity index (χ4n) is 5.86. The normalized spacial score (nSPS) is 22.3. The highest BCUT2D eigenvalue weighted by Gasteiger charge is 2.38. The maximum absolute atomic E-state index is 13.6. The van der Waals surface area contributed by atoms with Crippen molar-refractivity contribution in [3.8, 4) is 17.6 Å². The fraction of sp³-hybridized carbons (Fsp3) is 0.484. The number of aromatic nitrogens is 2. The summed E-state index contributed by atoms with van der Waals surface area (Å²) < 4.78 is 83.6. The van der Waals surface area contributed by atoms with E-state index in [1.807, 2.05) is 6.92 Å². The van der Waals surface area contributed by atoms with Crippen molar-refractivity contribution in [2.24, 2.45) is 5.92 Å². The molecule has 1 saturated heterocycles. The Labute approximate surface area is 259 Å². The lowest BCUT2D eigenvalue weighted by Gasteiger charge is -2.45. The number of nitrogens with zero attached hydrogens (tertiary/aromatic N) is 3. The topological polar surface area (TPSA) is 106 Å². The van der Waals surface area contributed by atoms with Crippen molar-refractivity contribution in [1.82, 2.24) is 19.8 Å². The zero-order valence-electron chi connectivity index (χ0n) is 25.1. The second-order valence-corrected chi connectivity index (χ2v) is 13.7. The summed E-state index contributed by atoms with van der Waals surface area (Å²) in [6.07, 6.45) is -1.37. The van der Waals surface area contributed by atoms with Gasteiger partial charge in [0.15, 0.2) is 9.84 Å². The molecule has 2 heterocycles. The van der Waals surface area contributed by atoms with Crippen LogP contribution in [0.25, 0.3) is 11.0 Å². The number of amides is 1. The number of alkyl halides is 4. The first-order valence-electron chi connectivity index (χ1n) is 14.6. The number of anilines is 1. The minimum absolute atomic E-state index is 0.0468. The number of hydrogen-bond donors (Lipinski definition) is 2. The Morgan fingerprint density at radius 1 is 1.20 bits per heavy atom. The van der Waals surface area contributed by atoms with Crippen LogP contribution in [0.3, 0.4) is 0 Å². The van der Waals surface area contributed by atoms with Crippen LogP contribution in [0.15, 0.2) is 41.6 Å². The number of benzene rings is 2. The van der Waals surface area contributed by atoms with E-state index in [9.17, 15) is 30.8 Å². The highest BCUT2D eigenvalue weighted by molar-refractivity contribution is 7.90. The minimum atomic E-state index is -4.51. The van der Waals surface area contributed by atoms with Gasteiger partial charge in [0.1, 0.15) is 24.0 Å². The Kier molecular flexibility index (Phi) is 9.32. The number of likely N-dealkylation sites (tertiary alicyclic amines) is 1. The molecule has 0 bridgehead atoms. The van der Waals surface area contributed by atoms with Gasteiger partial charge in [0.25, 0.3) is 5.91 Å². The van der Waals surface area contributed by atoms with Crippen LogP contribution in [0.2, 0.25) is 0 Å². The van der Waals surface area contributed by atoms with E-state index in [4.69, 9.17) is 4.74 Å². The summed E-state index contributed by atoms with van der Waals surface area (Å²) in [5.41, 5.74) is 1.08. The third-order valence-corrected chi connectivity index (χ3v) is 9.45. The Bertz CT molecular complexity index is 1740. The van der Waals surface area contributed by atoms with Gasteiger partial charge in [0, 0.05) is 37.0 Å². The van der Waals surface area contributed by atoms with Crippen LogP contribution in [0.1, 0.15) is 42.1 Å². The molecular formula is C31H35F4N5O4S. The SMILES string of the molecule is COc1ccc(S(C)(=O)=O)cc1NCC#Cc1cc(C(=O)N[C@H]2CCN(C3CC(F)C3)C[C@@H]2C)c2ncn(CC(F)(F)F)c2c1. The number of halogens is 4. The Morgan fingerprint density at radius 2 is 1.96 bits per heavy atom. The van der Waals surface area contributed by atoms with E-state index >= 15 is 0 Å². The van der Waals surface area contributed by atoms with E-state index in [1.165, 1.54) is 37.4 Å². The number of nitrogens with one attached hydrogen (secondary N) is 2. The number of piperidine rings is 1. The van der Waals surface area contributed by atoms with E-state index in [1.54, 1.807) is 0 Å². The molecule has 0 unspecified atom stereocenters. The standard InChI is InChI=1S/C31H35F4N5O4S/c1-19-16-39(22-13-21(32)14-22)10-8-25(19)38-30(41)24-11-20(12-27-29(24)37-18-40(27)17-31(33,34)35)5-4-9-36-26-15-23(45(3,42)43)6-7-28(26)44-2/h6-7,11-12,15,18-19,21-22,25,36H,8-10,13-14,16-17H2,1-3H3,(H,38,41)/t19-,21?,22?,25-/m0/s1. The molecule has 2 fully saturated rings. The molecule has 14 heteroatoms. The lowest BCUT2D eigenvalue weighted by Crippen LogP contribution is -2.55. The van der Waals surface area contributed by atoms with Gasteiger partial charge in [-0.15, -0.1) is 0 Å². The third kappa shape index (κ3) is 7.70. The Balaban J connectivity index is 1.37. The first kappa shape index (κ1) is 32.6. The van der Waals surface area contributed by atoms with Crippen LogP contribution in [-0.4, -0.2) is 86.2 Å². The van der Waals surface area contributed by atoms with Gasteiger partial charge in [0.05, 0.1) is 41.6 Å². The number of hydrogen-bond acceptors (Lipinski definition) is 7. The van der Waals surface area contributed by atoms with Crippen LogP contribution in [-0.2, 0) is 16.4 Å². The summed E-state index contributed by atoms with van der Waals surface area (Å²) >= 11 is 0. The number of carbonyl (C=O) groups is 1. The van der Waals surface area contributed by atoms with Crippen LogP contribution in [0.4, 0.5) is 23.2 Å². The summed E-state index contributed by atoms with van der Waals surface area (Å²) in [7, 11) is -2.02. The van der Waals surface area contributed by atoms with Crippen molar-refractivity contribution in [1.29, 1.82) is 0 Å². The van der Waals surface area contributed by atoms with E-state index < -0.39 is 34.6 Å². The molecule has 1 aliphatic carbocycles. The lowest BCUT2D eigenvalue weighted by molar-refractivity contribution is -0.139. The molecule has 1 aliphatic heterocycles. The van der Waals surface area contributed by atoms with Crippen LogP contribution in [0, 0.1) is 17.8 Å². The summed E-state index contributed by atoms with van der Waals surface area (Å²) in [6.45, 7) is 2.22. The number of carbonyl (C=O) groups excluding carboxylic acids is 1. The number of ether oxygens (including phenoxy) is 1. The molecule has 2 N–H and O–H groups in total. The van der Waals surface area contributed by atoms with Crippen molar-refractivity contribution in [3.63, 3.8) is 0 Å². The van der Waals surface area contributed by atoms with Crippen molar-refractivity contribution in [2.45, 2.75) is 62.1 Å². The van der Waals surface area contributed by atoms with E-state index in [2.05, 4.69) is 32.4 Å². The number of sulfone groups is 1. The van der Waals surface area contributed by atoms with Crippen LogP contribution < -0.4 is 15.4 Å². The van der Waals surface area contributed by atoms with E-state index in [-0.39, 0.29) is 46.0 Å². The van der Waals surface area contributed by atoms with Crippen LogP contribution in [0.5, 0.6) is 5.75 Å². The van der Waals surface area contributed by atoms with Crippen molar-refractivity contribution in [2.75, 3.05) is 38.3 Å². The second kappa shape index (κ2) is 12.9. The highest BCUT2D eigenvalue weighted by Crippen LogP contribution is 2.32. The predicted molar refractivity (Wildman–Crippen MR) is 162 cm³/mol. The van der Waals surface area contributed by atoms with E-state index in [0.29, 0.717) is 42.8 Å². The molecule has 5 rings (SSSR count). The zero-order chi connectivity index (χ0) is 32.5. The molecule has 1 aromatic heterocycles. The van der Waals surface area contributed by atoms with Crippen molar-refractivity contribution >= 4 is 32.5 Å². The molecule has 1 amide bonds. The van der Waals surface area contributed by atoms with Crippen molar-refractivity contribution in [3.05, 3.63) is 47.8 Å². The summed E-state index contributed by atoms with van der Waals surface area (Å²) in [5.74, 6) is 5.82. The average molecular weight is 650 g/mol. The number of imidazole rings is 1. The monoisotopic (exact) mass is 649 g/mol. The number of fused-ring (bicyclic) bond motifs is 1. The maximum Gasteiger partial charge on any atom is 0.406 e. The predicted octanol–water partition coefficient (Wildman–Crippen LogP) is 4.42. The van der Waals surface area contributed by atoms with Gasteiger partial charge in [0.2, 0.25) is 0 Å². The third-order valence-electron chi connectivity index (χ3n) is 8.34. The molecule has 2 aliphatic rings. The molecule has 2 aromatic carbocycles. The summed E-state index contributed by atoms with van der Waals surface area (Å²) in [6, 6.07) is 7.40. The summed E-state index contributed by atoms with van der Waals surface area (Å²) in [5, 5.41) is 6.06. The lowest BCUT2D eigenvalue weighted by atomic mass is 9.85. The molecule has 1 saturated carbocycles. The van der Waals surface area contributed by atoms with Gasteiger partial charge in [-0.2, -0.15) is 13.2 Å². The van der Waals surface area contributed by atoms with E-state index in [0.717, 1.165) is 23.7 Å². The minimum Gasteiger partial charge on any atom is -0.495 e. The smallest absolute Gasteiger partial charge is 0.406 e. The number of rotatable bonds is 8. The van der Waals surface area contributed by atoms with Gasteiger partial charge in [-0.25, -0.2) is 17.8 Å². The molecule has 45 heavy (non-hydrogen) atoms. The Hall–Kier alpha value is -3.83. The van der Waals surface area contributed by atoms with Crippen LogP contribution >= 0.6 is 0 Å². The first-order chi connectivity index (χ1) is 21.2. The number of methoxy groups -OCH3 is 1. The fourth-order valence-corrected chi connectivity index (χ4v) is 6.51. The van der Waals surface area contributed by atoms with Gasteiger partial charge in [-0.05, 0) is 55.5 Å². The largest absolute Gasteiger partial charge is 0.495 e. The first-order valence-corrected chi connectivity index (χ1v) is 16.5.